The van der Waals surface area contributed by atoms with Crippen LogP contribution in [-0.2, 0) is 4.79 Å². The molecular weight excluding hydrogens is 254 g/mol. The molecule has 3 atom stereocenters. The van der Waals surface area contributed by atoms with E-state index in [2.05, 4.69) is 0 Å². The van der Waals surface area contributed by atoms with Crippen molar-refractivity contribution in [2.24, 2.45) is 17.6 Å². The normalized spacial score (nSPS) is 23.6. The molecule has 18 heavy (non-hydrogen) atoms. The molecule has 1 aromatic rings. The maximum atomic E-state index is 10.9. The summed E-state index contributed by atoms with van der Waals surface area (Å²) in [5.74, 6) is -0.493. The minimum absolute atomic E-state index is 0.0322. The van der Waals surface area contributed by atoms with E-state index in [1.807, 2.05) is 13.0 Å². The van der Waals surface area contributed by atoms with Gasteiger partial charge < -0.3 is 15.6 Å². The molecule has 0 spiro atoms. The summed E-state index contributed by atoms with van der Waals surface area (Å²) in [5.41, 5.74) is 7.81. The van der Waals surface area contributed by atoms with Gasteiger partial charge in [0.1, 0.15) is 5.75 Å². The van der Waals surface area contributed by atoms with E-state index in [4.69, 9.17) is 27.2 Å². The molecule has 3 N–H and O–H groups in total. The van der Waals surface area contributed by atoms with Gasteiger partial charge in [-0.15, -0.1) is 0 Å². The average molecular weight is 270 g/mol. The molecule has 4 nitrogen and oxygen atoms in total. The standard InChI is InChI=1S/C13H16ClNO3/c1-6-3-11(18-2)9(5-10(6)14)12(15)7-4-8(7)13(16)17/h3,5,7-8,12H,4,15H2,1-2H3,(H,16,17). The summed E-state index contributed by atoms with van der Waals surface area (Å²) < 4.78 is 5.29. The molecule has 1 aliphatic rings. The Labute approximate surface area is 111 Å². The van der Waals surface area contributed by atoms with Crippen LogP contribution in [0.15, 0.2) is 12.1 Å². The largest absolute Gasteiger partial charge is 0.496 e. The van der Waals surface area contributed by atoms with Gasteiger partial charge in [0.05, 0.1) is 13.0 Å². The number of hydrogen-bond acceptors (Lipinski definition) is 3. The first-order valence-electron chi connectivity index (χ1n) is 5.78. The van der Waals surface area contributed by atoms with Gasteiger partial charge in [0.25, 0.3) is 0 Å². The zero-order chi connectivity index (χ0) is 13.4. The summed E-state index contributed by atoms with van der Waals surface area (Å²) in [6, 6.07) is 3.26. The Balaban J connectivity index is 2.28. The number of aryl methyl sites for hydroxylation is 1. The molecule has 1 aliphatic carbocycles. The highest BCUT2D eigenvalue weighted by Gasteiger charge is 2.47. The number of carboxylic acids is 1. The summed E-state index contributed by atoms with van der Waals surface area (Å²) in [4.78, 5) is 10.9. The lowest BCUT2D eigenvalue weighted by molar-refractivity contribution is -0.138. The van der Waals surface area contributed by atoms with Crippen LogP contribution in [-0.4, -0.2) is 18.2 Å². The first-order valence-corrected chi connectivity index (χ1v) is 6.16. The third kappa shape index (κ3) is 2.31. The Morgan fingerprint density at radius 1 is 1.61 bits per heavy atom. The SMILES string of the molecule is COc1cc(C)c(Cl)cc1C(N)C1CC1C(=O)O. The van der Waals surface area contributed by atoms with E-state index in [0.29, 0.717) is 17.2 Å². The third-order valence-electron chi connectivity index (χ3n) is 3.49. The van der Waals surface area contributed by atoms with Crippen LogP contribution < -0.4 is 10.5 Å². The van der Waals surface area contributed by atoms with Crippen molar-refractivity contribution < 1.29 is 14.6 Å². The van der Waals surface area contributed by atoms with Gasteiger partial charge in [-0.05, 0) is 37.0 Å². The fraction of sp³-hybridized carbons (Fsp3) is 0.462. The molecule has 0 heterocycles. The molecular formula is C13H16ClNO3. The third-order valence-corrected chi connectivity index (χ3v) is 3.90. The van der Waals surface area contributed by atoms with Gasteiger partial charge in [-0.25, -0.2) is 0 Å². The number of aliphatic carboxylic acids is 1. The number of methoxy groups -OCH3 is 1. The van der Waals surface area contributed by atoms with Crippen molar-refractivity contribution in [1.82, 2.24) is 0 Å². The van der Waals surface area contributed by atoms with Crippen LogP contribution in [0.1, 0.15) is 23.6 Å². The quantitative estimate of drug-likeness (QED) is 0.880. The number of benzene rings is 1. The van der Waals surface area contributed by atoms with E-state index in [1.54, 1.807) is 13.2 Å². The maximum Gasteiger partial charge on any atom is 0.306 e. The van der Waals surface area contributed by atoms with Crippen LogP contribution >= 0.6 is 11.6 Å². The van der Waals surface area contributed by atoms with Gasteiger partial charge in [-0.2, -0.15) is 0 Å². The van der Waals surface area contributed by atoms with Crippen molar-refractivity contribution in [3.8, 4) is 5.75 Å². The second-order valence-corrected chi connectivity index (χ2v) is 5.12. The number of carboxylic acid groups (broad SMARTS) is 1. The van der Waals surface area contributed by atoms with Gasteiger partial charge in [0.2, 0.25) is 0 Å². The van der Waals surface area contributed by atoms with Crippen LogP contribution in [0.25, 0.3) is 0 Å². The van der Waals surface area contributed by atoms with E-state index in [9.17, 15) is 4.79 Å². The Kier molecular flexibility index (Phi) is 3.50. The number of carbonyl (C=O) groups is 1. The van der Waals surface area contributed by atoms with Gasteiger partial charge in [0.15, 0.2) is 0 Å². The Morgan fingerprint density at radius 2 is 2.28 bits per heavy atom. The summed E-state index contributed by atoms with van der Waals surface area (Å²) in [7, 11) is 1.57. The molecule has 0 saturated heterocycles. The molecule has 1 fully saturated rings. The van der Waals surface area contributed by atoms with Crippen molar-refractivity contribution in [2.75, 3.05) is 7.11 Å². The second-order valence-electron chi connectivity index (χ2n) is 4.71. The van der Waals surface area contributed by atoms with E-state index >= 15 is 0 Å². The molecule has 2 rings (SSSR count). The summed E-state index contributed by atoms with van der Waals surface area (Å²) >= 11 is 6.08. The lowest BCUT2D eigenvalue weighted by Gasteiger charge is -2.17. The van der Waals surface area contributed by atoms with Crippen LogP contribution in [0.5, 0.6) is 5.75 Å². The predicted octanol–water partition coefficient (Wildman–Crippen LogP) is 2.38. The highest BCUT2D eigenvalue weighted by molar-refractivity contribution is 6.31. The topological polar surface area (TPSA) is 72.5 Å². The molecule has 0 bridgehead atoms. The number of halogens is 1. The van der Waals surface area contributed by atoms with Gasteiger partial charge in [0, 0.05) is 16.6 Å². The van der Waals surface area contributed by atoms with Crippen molar-refractivity contribution in [2.45, 2.75) is 19.4 Å². The van der Waals surface area contributed by atoms with E-state index in [1.165, 1.54) is 0 Å². The van der Waals surface area contributed by atoms with Crippen molar-refractivity contribution >= 4 is 17.6 Å². The first-order chi connectivity index (χ1) is 8.45. The Morgan fingerprint density at radius 3 is 2.78 bits per heavy atom. The minimum Gasteiger partial charge on any atom is -0.496 e. The monoisotopic (exact) mass is 269 g/mol. The maximum absolute atomic E-state index is 10.9. The lowest BCUT2D eigenvalue weighted by atomic mass is 9.99. The number of rotatable bonds is 4. The van der Waals surface area contributed by atoms with E-state index in [0.717, 1.165) is 11.1 Å². The molecule has 0 aliphatic heterocycles. The molecule has 98 valence electrons. The van der Waals surface area contributed by atoms with Crippen LogP contribution in [0, 0.1) is 18.8 Å². The van der Waals surface area contributed by atoms with Gasteiger partial charge in [-0.1, -0.05) is 11.6 Å². The van der Waals surface area contributed by atoms with Crippen molar-refractivity contribution in [1.29, 1.82) is 0 Å². The van der Waals surface area contributed by atoms with Crippen molar-refractivity contribution in [3.05, 3.63) is 28.3 Å². The Hall–Kier alpha value is -1.26. The van der Waals surface area contributed by atoms with Gasteiger partial charge >= 0.3 is 5.97 Å². The summed E-state index contributed by atoms with van der Waals surface area (Å²) in [5, 5.41) is 9.55. The summed E-state index contributed by atoms with van der Waals surface area (Å²) in [6.07, 6.45) is 0.616. The molecule has 3 unspecified atom stereocenters. The number of ether oxygens (including phenoxy) is 1. The van der Waals surface area contributed by atoms with Crippen LogP contribution in [0.2, 0.25) is 5.02 Å². The zero-order valence-corrected chi connectivity index (χ0v) is 11.1. The minimum atomic E-state index is -0.785. The average Bonchev–Trinajstić information content (AvgIpc) is 3.11. The molecule has 5 heteroatoms. The zero-order valence-electron chi connectivity index (χ0n) is 10.3. The van der Waals surface area contributed by atoms with E-state index < -0.39 is 5.97 Å². The fourth-order valence-corrected chi connectivity index (χ4v) is 2.41. The summed E-state index contributed by atoms with van der Waals surface area (Å²) in [6.45, 7) is 1.89. The smallest absolute Gasteiger partial charge is 0.306 e. The lowest BCUT2D eigenvalue weighted by Crippen LogP contribution is -2.17. The number of nitrogens with two attached hydrogens (primary N) is 1. The van der Waals surface area contributed by atoms with Gasteiger partial charge in [-0.3, -0.25) is 4.79 Å². The fourth-order valence-electron chi connectivity index (χ4n) is 2.23. The van der Waals surface area contributed by atoms with Crippen LogP contribution in [0.3, 0.4) is 0 Å². The molecule has 0 radical (unpaired) electrons. The molecule has 1 aromatic carbocycles. The number of hydrogen-bond donors (Lipinski definition) is 2. The molecule has 1 saturated carbocycles. The van der Waals surface area contributed by atoms with Crippen LogP contribution in [0.4, 0.5) is 0 Å². The second kappa shape index (κ2) is 4.78. The van der Waals surface area contributed by atoms with Crippen molar-refractivity contribution in [3.63, 3.8) is 0 Å². The highest BCUT2D eigenvalue weighted by atomic mass is 35.5. The molecule has 0 amide bonds. The molecule has 0 aromatic heterocycles. The Bertz CT molecular complexity index is 489. The first kappa shape index (κ1) is 13.2. The van der Waals surface area contributed by atoms with E-state index in [-0.39, 0.29) is 17.9 Å². The predicted molar refractivity (Wildman–Crippen MR) is 68.9 cm³/mol. The highest BCUT2D eigenvalue weighted by Crippen LogP contribution is 2.48.